The fourth-order valence-corrected chi connectivity index (χ4v) is 4.67. The van der Waals surface area contributed by atoms with Crippen molar-refractivity contribution in [3.05, 3.63) is 58.7 Å². The van der Waals surface area contributed by atoms with E-state index in [-0.39, 0.29) is 5.92 Å². The first kappa shape index (κ1) is 31.6. The molecule has 0 bridgehead atoms. The minimum Gasteiger partial charge on any atom is -0.505 e. The summed E-state index contributed by atoms with van der Waals surface area (Å²) in [5, 5.41) is 27.9. The van der Waals surface area contributed by atoms with Crippen molar-refractivity contribution in [2.24, 2.45) is 11.8 Å². The van der Waals surface area contributed by atoms with Gasteiger partial charge in [0.1, 0.15) is 23.9 Å². The predicted molar refractivity (Wildman–Crippen MR) is 134 cm³/mol. The van der Waals surface area contributed by atoms with Gasteiger partial charge in [0, 0.05) is 18.2 Å². The number of carbonyl (C=O) groups excluding carboxylic acids is 4. The van der Waals surface area contributed by atoms with Gasteiger partial charge in [0.05, 0.1) is 18.1 Å². The number of aliphatic hydroxyl groups is 1. The summed E-state index contributed by atoms with van der Waals surface area (Å²) in [5.41, 5.74) is -1.90. The molecule has 5 N–H and O–H groups in total. The molecule has 0 spiro atoms. The Bertz CT molecular complexity index is 1430. The Kier molecular flexibility index (Phi) is 9.18. The highest BCUT2D eigenvalue weighted by Crippen LogP contribution is 2.34. The normalized spacial score (nSPS) is 26.8. The third kappa shape index (κ3) is 6.53. The number of aromatic nitrogens is 1. The quantitative estimate of drug-likeness (QED) is 0.145. The highest BCUT2D eigenvalue weighted by atomic mass is 19.2. The molecule has 1 aliphatic carbocycles. The van der Waals surface area contributed by atoms with E-state index in [1.165, 1.54) is 19.2 Å². The van der Waals surface area contributed by atoms with Crippen LogP contribution in [0.2, 0.25) is 0 Å². The van der Waals surface area contributed by atoms with Gasteiger partial charge in [0.2, 0.25) is 17.6 Å². The van der Waals surface area contributed by atoms with Crippen LogP contribution in [0.3, 0.4) is 0 Å². The molecule has 1 aliphatic heterocycles. The lowest BCUT2D eigenvalue weighted by molar-refractivity contribution is -0.156. The lowest BCUT2D eigenvalue weighted by atomic mass is 9.90. The van der Waals surface area contributed by atoms with Crippen molar-refractivity contribution >= 4 is 23.7 Å². The first-order valence-electron chi connectivity index (χ1n) is 13.2. The standard InChI is InChI=1S/C27H27F5N4O7/c1-9-23(38)13(8-12-15(28)17(30)19(32)18(31)16(12)29)34-25(40)20(35-26(41)22-14(37)4-3-7-33-22)10(2)43-27(42)21(11-5-6-11)36-24(9)39/h3-4,7,9-11,13,20-21,23,37-38H,5-6,8H2,1-2H3,(H,34,40)(H,35,41)(H,36,39)/t9-,10-,13+,20+,21?,23+/m1/s1. The van der Waals surface area contributed by atoms with Crippen molar-refractivity contribution in [2.75, 3.05) is 0 Å². The van der Waals surface area contributed by atoms with Crippen LogP contribution in [0, 0.1) is 40.9 Å². The zero-order valence-corrected chi connectivity index (χ0v) is 22.7. The average Bonchev–Trinajstić information content (AvgIpc) is 3.82. The second-order valence-corrected chi connectivity index (χ2v) is 10.4. The molecule has 1 aromatic heterocycles. The summed E-state index contributed by atoms with van der Waals surface area (Å²) < 4.78 is 76.1. The van der Waals surface area contributed by atoms with Gasteiger partial charge in [-0.3, -0.25) is 14.4 Å². The number of rotatable bonds is 5. The predicted octanol–water partition coefficient (Wildman–Crippen LogP) is 1.15. The minimum absolute atomic E-state index is 0.340. The number of aromatic hydroxyl groups is 1. The molecule has 3 amide bonds. The van der Waals surface area contributed by atoms with E-state index in [2.05, 4.69) is 20.9 Å². The van der Waals surface area contributed by atoms with Gasteiger partial charge in [0.25, 0.3) is 5.91 Å². The van der Waals surface area contributed by atoms with Crippen LogP contribution in [0.4, 0.5) is 22.0 Å². The Morgan fingerprint density at radius 1 is 1.00 bits per heavy atom. The molecule has 0 radical (unpaired) electrons. The van der Waals surface area contributed by atoms with Crippen LogP contribution in [0.15, 0.2) is 18.3 Å². The number of nitrogens with zero attached hydrogens (tertiary/aromatic N) is 1. The number of carbonyl (C=O) groups is 4. The summed E-state index contributed by atoms with van der Waals surface area (Å²) in [6.45, 7) is 2.36. The Morgan fingerprint density at radius 3 is 2.19 bits per heavy atom. The molecule has 1 saturated carbocycles. The molecule has 16 heteroatoms. The summed E-state index contributed by atoms with van der Waals surface area (Å²) in [6, 6.07) is -2.43. The van der Waals surface area contributed by atoms with Gasteiger partial charge in [-0.2, -0.15) is 0 Å². The number of hydrogen-bond acceptors (Lipinski definition) is 8. The van der Waals surface area contributed by atoms with Crippen molar-refractivity contribution in [3.8, 4) is 5.75 Å². The number of halogens is 5. The van der Waals surface area contributed by atoms with Crippen LogP contribution < -0.4 is 16.0 Å². The molecule has 2 aromatic rings. The fourth-order valence-electron chi connectivity index (χ4n) is 4.67. The molecule has 232 valence electrons. The van der Waals surface area contributed by atoms with Gasteiger partial charge in [-0.1, -0.05) is 6.92 Å². The van der Waals surface area contributed by atoms with Crippen LogP contribution in [-0.2, 0) is 25.5 Å². The monoisotopic (exact) mass is 614 g/mol. The van der Waals surface area contributed by atoms with Crippen molar-refractivity contribution in [2.45, 2.75) is 63.4 Å². The molecule has 43 heavy (non-hydrogen) atoms. The van der Waals surface area contributed by atoms with Gasteiger partial charge in [-0.25, -0.2) is 31.7 Å². The van der Waals surface area contributed by atoms with Crippen molar-refractivity contribution in [3.63, 3.8) is 0 Å². The molecular weight excluding hydrogens is 587 g/mol. The van der Waals surface area contributed by atoms with E-state index < -0.39 is 112 Å². The fraction of sp³-hybridized carbons (Fsp3) is 0.444. The summed E-state index contributed by atoms with van der Waals surface area (Å²) >= 11 is 0. The van der Waals surface area contributed by atoms with Crippen LogP contribution in [-0.4, -0.2) is 69.2 Å². The average molecular weight is 615 g/mol. The van der Waals surface area contributed by atoms with Gasteiger partial charge in [-0.05, 0) is 37.8 Å². The molecule has 1 saturated heterocycles. The van der Waals surface area contributed by atoms with Gasteiger partial charge < -0.3 is 30.9 Å². The molecule has 1 aromatic carbocycles. The number of aliphatic hydroxyl groups excluding tert-OH is 1. The molecule has 6 atom stereocenters. The number of cyclic esters (lactones) is 1. The first-order chi connectivity index (χ1) is 20.2. The number of ether oxygens (including phenoxy) is 1. The Hall–Kier alpha value is -4.34. The Balaban J connectivity index is 1.75. The van der Waals surface area contributed by atoms with Crippen LogP contribution in [0.1, 0.15) is 42.7 Å². The van der Waals surface area contributed by atoms with E-state index in [9.17, 15) is 51.3 Å². The third-order valence-corrected chi connectivity index (χ3v) is 7.38. The molecule has 11 nitrogen and oxygen atoms in total. The van der Waals surface area contributed by atoms with E-state index in [4.69, 9.17) is 4.74 Å². The molecule has 4 rings (SSSR count). The van der Waals surface area contributed by atoms with E-state index in [0.29, 0.717) is 12.8 Å². The molecule has 2 fully saturated rings. The zero-order valence-electron chi connectivity index (χ0n) is 22.7. The van der Waals surface area contributed by atoms with E-state index in [1.54, 1.807) is 0 Å². The third-order valence-electron chi connectivity index (χ3n) is 7.38. The molecule has 2 heterocycles. The summed E-state index contributed by atoms with van der Waals surface area (Å²) in [7, 11) is 0. The number of pyridine rings is 1. The van der Waals surface area contributed by atoms with Gasteiger partial charge in [-0.15, -0.1) is 0 Å². The van der Waals surface area contributed by atoms with Crippen LogP contribution in [0.5, 0.6) is 5.75 Å². The summed E-state index contributed by atoms with van der Waals surface area (Å²) in [6.07, 6.45) is -2.43. The van der Waals surface area contributed by atoms with Crippen LogP contribution in [0.25, 0.3) is 0 Å². The van der Waals surface area contributed by atoms with E-state index >= 15 is 0 Å². The number of benzene rings is 1. The van der Waals surface area contributed by atoms with Crippen molar-refractivity contribution < 1.29 is 56.1 Å². The van der Waals surface area contributed by atoms with E-state index in [1.807, 2.05) is 0 Å². The smallest absolute Gasteiger partial charge is 0.329 e. The lowest BCUT2D eigenvalue weighted by Crippen LogP contribution is -2.61. The second kappa shape index (κ2) is 12.5. The lowest BCUT2D eigenvalue weighted by Gasteiger charge is -2.33. The summed E-state index contributed by atoms with van der Waals surface area (Å²) in [4.78, 5) is 56.1. The van der Waals surface area contributed by atoms with Crippen LogP contribution >= 0.6 is 0 Å². The maximum absolute atomic E-state index is 14.6. The first-order valence-corrected chi connectivity index (χ1v) is 13.2. The minimum atomic E-state index is -2.42. The highest BCUT2D eigenvalue weighted by molar-refractivity contribution is 5.98. The summed E-state index contributed by atoms with van der Waals surface area (Å²) in [5.74, 6) is -18.0. The van der Waals surface area contributed by atoms with Gasteiger partial charge >= 0.3 is 5.97 Å². The topological polar surface area (TPSA) is 167 Å². The molecule has 1 unspecified atom stereocenters. The highest BCUT2D eigenvalue weighted by Gasteiger charge is 2.44. The maximum Gasteiger partial charge on any atom is 0.329 e. The maximum atomic E-state index is 14.6. The number of hydrogen-bond donors (Lipinski definition) is 5. The second-order valence-electron chi connectivity index (χ2n) is 10.4. The zero-order chi connectivity index (χ0) is 31.7. The molecular formula is C27H27F5N4O7. The number of nitrogens with one attached hydrogen (secondary N) is 3. The van der Waals surface area contributed by atoms with E-state index in [0.717, 1.165) is 13.0 Å². The van der Waals surface area contributed by atoms with Crippen molar-refractivity contribution in [1.29, 1.82) is 0 Å². The number of amides is 3. The molecule has 2 aliphatic rings. The Morgan fingerprint density at radius 2 is 1.60 bits per heavy atom. The SMILES string of the molecule is C[C@H]1OC(=O)C(C2CC2)NC(=O)[C@H](C)[C@H](O)[C@H](Cc2c(F)c(F)c(F)c(F)c2F)NC(=O)[C@H]1NC(=O)c1ncccc1O. The van der Waals surface area contributed by atoms with Gasteiger partial charge in [0.15, 0.2) is 29.0 Å². The van der Waals surface area contributed by atoms with Crippen molar-refractivity contribution in [1.82, 2.24) is 20.9 Å². The number of esters is 1. The largest absolute Gasteiger partial charge is 0.505 e. The Labute approximate surface area is 240 Å².